The first kappa shape index (κ1) is 12.4. The van der Waals surface area contributed by atoms with Crippen LogP contribution < -0.4 is 5.32 Å². The summed E-state index contributed by atoms with van der Waals surface area (Å²) in [6, 6.07) is 9.63. The van der Waals surface area contributed by atoms with Gasteiger partial charge in [0.05, 0.1) is 11.7 Å². The standard InChI is InChI=1S/C15H18N2O/c1-3-15(12-4-6-14(18)7-5-12)17-13-8-11(2)9-16-10-13/h4-10,15,17-18H,3H2,1-2H3. The number of aromatic nitrogens is 1. The van der Waals surface area contributed by atoms with Crippen molar-refractivity contribution >= 4 is 5.69 Å². The Morgan fingerprint density at radius 2 is 1.94 bits per heavy atom. The quantitative estimate of drug-likeness (QED) is 0.860. The second-order valence-electron chi connectivity index (χ2n) is 4.45. The lowest BCUT2D eigenvalue weighted by atomic mass is 10.0. The molecule has 2 aromatic rings. The zero-order chi connectivity index (χ0) is 13.0. The SMILES string of the molecule is CCC(Nc1cncc(C)c1)c1ccc(O)cc1. The minimum absolute atomic E-state index is 0.231. The number of nitrogens with zero attached hydrogens (tertiary/aromatic N) is 1. The van der Waals surface area contributed by atoms with E-state index in [0.717, 1.165) is 23.2 Å². The van der Waals surface area contributed by atoms with Gasteiger partial charge in [0.15, 0.2) is 0 Å². The summed E-state index contributed by atoms with van der Waals surface area (Å²) in [5.41, 5.74) is 3.33. The summed E-state index contributed by atoms with van der Waals surface area (Å²) in [6.45, 7) is 4.16. The summed E-state index contributed by atoms with van der Waals surface area (Å²) in [5.74, 6) is 0.297. The molecule has 0 saturated heterocycles. The second-order valence-corrected chi connectivity index (χ2v) is 4.45. The maximum atomic E-state index is 9.31. The van der Waals surface area contributed by atoms with Crippen LogP contribution in [0, 0.1) is 6.92 Å². The van der Waals surface area contributed by atoms with Crippen molar-refractivity contribution < 1.29 is 5.11 Å². The molecule has 0 aliphatic heterocycles. The van der Waals surface area contributed by atoms with E-state index in [1.807, 2.05) is 31.5 Å². The van der Waals surface area contributed by atoms with Crippen LogP contribution in [-0.2, 0) is 0 Å². The monoisotopic (exact) mass is 242 g/mol. The number of aryl methyl sites for hydroxylation is 1. The van der Waals surface area contributed by atoms with Crippen LogP contribution in [0.15, 0.2) is 42.7 Å². The van der Waals surface area contributed by atoms with Crippen LogP contribution in [0.3, 0.4) is 0 Å². The van der Waals surface area contributed by atoms with Crippen molar-refractivity contribution in [3.8, 4) is 5.75 Å². The lowest BCUT2D eigenvalue weighted by Gasteiger charge is -2.18. The largest absolute Gasteiger partial charge is 0.508 e. The van der Waals surface area contributed by atoms with Gasteiger partial charge in [0.2, 0.25) is 0 Å². The number of rotatable bonds is 4. The van der Waals surface area contributed by atoms with E-state index in [9.17, 15) is 5.11 Å². The predicted octanol–water partition coefficient (Wildman–Crippen LogP) is 3.66. The van der Waals surface area contributed by atoms with Gasteiger partial charge in [0, 0.05) is 12.4 Å². The van der Waals surface area contributed by atoms with E-state index in [1.165, 1.54) is 0 Å². The van der Waals surface area contributed by atoms with Crippen LogP contribution >= 0.6 is 0 Å². The highest BCUT2D eigenvalue weighted by atomic mass is 16.3. The van der Waals surface area contributed by atoms with Crippen molar-refractivity contribution in [1.82, 2.24) is 4.98 Å². The van der Waals surface area contributed by atoms with Gasteiger partial charge in [-0.1, -0.05) is 19.1 Å². The highest BCUT2D eigenvalue weighted by Gasteiger charge is 2.09. The van der Waals surface area contributed by atoms with E-state index in [4.69, 9.17) is 0 Å². The molecular formula is C15H18N2O. The average Bonchev–Trinajstić information content (AvgIpc) is 2.37. The highest BCUT2D eigenvalue weighted by molar-refractivity contribution is 5.45. The fraction of sp³-hybridized carbons (Fsp3) is 0.267. The number of phenolic OH excluding ortho intramolecular Hbond substituents is 1. The van der Waals surface area contributed by atoms with Crippen LogP contribution in [0.5, 0.6) is 5.75 Å². The molecule has 2 rings (SSSR count). The first-order valence-electron chi connectivity index (χ1n) is 6.16. The highest BCUT2D eigenvalue weighted by Crippen LogP contribution is 2.24. The maximum Gasteiger partial charge on any atom is 0.115 e. The van der Waals surface area contributed by atoms with Gasteiger partial charge in [0.1, 0.15) is 5.75 Å². The molecule has 1 atom stereocenters. The molecule has 0 saturated carbocycles. The Balaban J connectivity index is 2.17. The molecule has 0 aliphatic rings. The van der Waals surface area contributed by atoms with Crippen molar-refractivity contribution in [3.05, 3.63) is 53.9 Å². The fourth-order valence-corrected chi connectivity index (χ4v) is 1.96. The molecule has 3 heteroatoms. The van der Waals surface area contributed by atoms with Crippen molar-refractivity contribution in [1.29, 1.82) is 0 Å². The van der Waals surface area contributed by atoms with E-state index in [2.05, 4.69) is 23.3 Å². The average molecular weight is 242 g/mol. The van der Waals surface area contributed by atoms with E-state index in [0.29, 0.717) is 5.75 Å². The number of phenols is 1. The minimum Gasteiger partial charge on any atom is -0.508 e. The van der Waals surface area contributed by atoms with Crippen LogP contribution in [0.25, 0.3) is 0 Å². The summed E-state index contributed by atoms with van der Waals surface area (Å²) in [6.07, 6.45) is 4.64. The Hall–Kier alpha value is -2.03. The van der Waals surface area contributed by atoms with Crippen LogP contribution in [0.1, 0.15) is 30.5 Å². The van der Waals surface area contributed by atoms with E-state index < -0.39 is 0 Å². The van der Waals surface area contributed by atoms with Crippen molar-refractivity contribution in [2.24, 2.45) is 0 Å². The summed E-state index contributed by atoms with van der Waals surface area (Å²) in [5, 5.41) is 12.8. The second kappa shape index (κ2) is 5.54. The first-order valence-corrected chi connectivity index (χ1v) is 6.16. The van der Waals surface area contributed by atoms with Crippen LogP contribution in [0.2, 0.25) is 0 Å². The molecule has 1 aromatic carbocycles. The number of benzene rings is 1. The molecule has 0 fully saturated rings. The molecule has 0 amide bonds. The van der Waals surface area contributed by atoms with Gasteiger partial charge in [-0.05, 0) is 42.7 Å². The maximum absolute atomic E-state index is 9.31. The van der Waals surface area contributed by atoms with E-state index in [-0.39, 0.29) is 6.04 Å². The molecule has 1 aromatic heterocycles. The summed E-state index contributed by atoms with van der Waals surface area (Å²) >= 11 is 0. The van der Waals surface area contributed by atoms with Gasteiger partial charge in [-0.2, -0.15) is 0 Å². The molecule has 3 nitrogen and oxygen atoms in total. The molecule has 1 unspecified atom stereocenters. The van der Waals surface area contributed by atoms with Crippen LogP contribution in [-0.4, -0.2) is 10.1 Å². The number of nitrogens with one attached hydrogen (secondary N) is 1. The zero-order valence-electron chi connectivity index (χ0n) is 10.7. The van der Waals surface area contributed by atoms with Crippen molar-refractivity contribution in [3.63, 3.8) is 0 Å². The van der Waals surface area contributed by atoms with Gasteiger partial charge in [-0.3, -0.25) is 4.98 Å². The lowest BCUT2D eigenvalue weighted by Crippen LogP contribution is -2.09. The Morgan fingerprint density at radius 3 is 2.56 bits per heavy atom. The molecule has 0 spiro atoms. The number of anilines is 1. The number of hydrogen-bond acceptors (Lipinski definition) is 3. The van der Waals surface area contributed by atoms with Gasteiger partial charge in [0.25, 0.3) is 0 Å². The normalized spacial score (nSPS) is 12.1. The first-order chi connectivity index (χ1) is 8.69. The van der Waals surface area contributed by atoms with Gasteiger partial charge in [-0.15, -0.1) is 0 Å². The molecule has 2 N–H and O–H groups in total. The summed E-state index contributed by atoms with van der Waals surface area (Å²) < 4.78 is 0. The van der Waals surface area contributed by atoms with E-state index >= 15 is 0 Å². The molecule has 94 valence electrons. The van der Waals surface area contributed by atoms with Gasteiger partial charge >= 0.3 is 0 Å². The Kier molecular flexibility index (Phi) is 3.82. The third-order valence-electron chi connectivity index (χ3n) is 2.92. The molecular weight excluding hydrogens is 224 g/mol. The Morgan fingerprint density at radius 1 is 1.22 bits per heavy atom. The number of aromatic hydroxyl groups is 1. The van der Waals surface area contributed by atoms with Gasteiger partial charge in [-0.25, -0.2) is 0 Å². The Bertz CT molecular complexity index is 508. The lowest BCUT2D eigenvalue weighted by molar-refractivity contribution is 0.475. The van der Waals surface area contributed by atoms with Crippen LogP contribution in [0.4, 0.5) is 5.69 Å². The fourth-order valence-electron chi connectivity index (χ4n) is 1.96. The molecule has 0 radical (unpaired) electrons. The molecule has 1 heterocycles. The summed E-state index contributed by atoms with van der Waals surface area (Å²) in [7, 11) is 0. The number of pyridine rings is 1. The van der Waals surface area contributed by atoms with Crippen molar-refractivity contribution in [2.75, 3.05) is 5.32 Å². The number of hydrogen-bond donors (Lipinski definition) is 2. The molecule has 18 heavy (non-hydrogen) atoms. The third-order valence-corrected chi connectivity index (χ3v) is 2.92. The molecule has 0 bridgehead atoms. The van der Waals surface area contributed by atoms with E-state index in [1.54, 1.807) is 12.1 Å². The Labute approximate surface area is 108 Å². The zero-order valence-corrected chi connectivity index (χ0v) is 10.7. The predicted molar refractivity (Wildman–Crippen MR) is 73.7 cm³/mol. The summed E-state index contributed by atoms with van der Waals surface area (Å²) in [4.78, 5) is 4.18. The topological polar surface area (TPSA) is 45.2 Å². The minimum atomic E-state index is 0.231. The smallest absolute Gasteiger partial charge is 0.115 e. The molecule has 0 aliphatic carbocycles. The van der Waals surface area contributed by atoms with Gasteiger partial charge < -0.3 is 10.4 Å². The third kappa shape index (κ3) is 3.00. The van der Waals surface area contributed by atoms with Crippen molar-refractivity contribution in [2.45, 2.75) is 26.3 Å².